The smallest absolute Gasteiger partial charge is 0.272 e. The summed E-state index contributed by atoms with van der Waals surface area (Å²) in [6.45, 7) is 0.0641. The molecule has 0 unspecified atom stereocenters. The lowest BCUT2D eigenvalue weighted by atomic mass is 9.91. The van der Waals surface area contributed by atoms with E-state index >= 15 is 0 Å². The van der Waals surface area contributed by atoms with Crippen molar-refractivity contribution in [3.8, 4) is 5.75 Å². The van der Waals surface area contributed by atoms with Gasteiger partial charge in [0.25, 0.3) is 5.91 Å². The van der Waals surface area contributed by atoms with Crippen molar-refractivity contribution in [1.82, 2.24) is 10.4 Å². The molecule has 1 amide bonds. The third-order valence-electron chi connectivity index (χ3n) is 3.06. The number of rotatable bonds is 4. The summed E-state index contributed by atoms with van der Waals surface area (Å²) >= 11 is 0. The number of nitrogens with one attached hydrogen (secondary N) is 1. The molecule has 1 aliphatic rings. The molecule has 1 aromatic carbocycles. The summed E-state index contributed by atoms with van der Waals surface area (Å²) in [6.07, 6.45) is 4.63. The van der Waals surface area contributed by atoms with Gasteiger partial charge in [-0.15, -0.1) is 0 Å². The molecule has 1 N–H and O–H groups in total. The molecule has 0 heterocycles. The molecular weight excluding hydrogens is 228 g/mol. The molecule has 2 rings (SSSR count). The van der Waals surface area contributed by atoms with E-state index in [1.165, 1.54) is 24.0 Å². The van der Waals surface area contributed by atoms with Gasteiger partial charge in [-0.2, -0.15) is 0 Å². The molecule has 18 heavy (non-hydrogen) atoms. The van der Waals surface area contributed by atoms with Crippen molar-refractivity contribution in [2.24, 2.45) is 0 Å². The Morgan fingerprint density at radius 2 is 2.11 bits per heavy atom. The minimum Gasteiger partial charge on any atom is -0.483 e. The summed E-state index contributed by atoms with van der Waals surface area (Å²) in [5.74, 6) is 0.731. The minimum absolute atomic E-state index is 0.0641. The van der Waals surface area contributed by atoms with Crippen molar-refractivity contribution in [3.63, 3.8) is 0 Å². The molecule has 0 saturated heterocycles. The lowest BCUT2D eigenvalue weighted by Crippen LogP contribution is -2.39. The first kappa shape index (κ1) is 12.9. The van der Waals surface area contributed by atoms with Gasteiger partial charge >= 0.3 is 0 Å². The number of hydrogen-bond acceptors (Lipinski definition) is 3. The Kier molecular flexibility index (Phi) is 4.20. The zero-order valence-electron chi connectivity index (χ0n) is 11.0. The Balaban J connectivity index is 1.99. The van der Waals surface area contributed by atoms with Crippen LogP contribution in [-0.4, -0.2) is 31.6 Å². The number of carbonyl (C=O) groups excluding carboxylic acids is 1. The Labute approximate surface area is 108 Å². The predicted molar refractivity (Wildman–Crippen MR) is 70.4 cm³/mol. The first-order valence-corrected chi connectivity index (χ1v) is 6.37. The van der Waals surface area contributed by atoms with Crippen molar-refractivity contribution >= 4 is 5.91 Å². The molecule has 0 aliphatic heterocycles. The largest absolute Gasteiger partial charge is 0.483 e. The van der Waals surface area contributed by atoms with E-state index in [-0.39, 0.29) is 12.5 Å². The second kappa shape index (κ2) is 5.87. The SMILES string of the molecule is CN(C)NC(=O)COc1cccc2c1CCCC2. The number of aryl methyl sites for hydroxylation is 1. The summed E-state index contributed by atoms with van der Waals surface area (Å²) in [6, 6.07) is 6.11. The van der Waals surface area contributed by atoms with E-state index in [9.17, 15) is 4.79 Å². The molecular formula is C14H20N2O2. The number of fused-ring (bicyclic) bond motifs is 1. The topological polar surface area (TPSA) is 41.6 Å². The summed E-state index contributed by atoms with van der Waals surface area (Å²) < 4.78 is 5.63. The molecule has 0 bridgehead atoms. The van der Waals surface area contributed by atoms with Crippen LogP contribution in [0.1, 0.15) is 24.0 Å². The van der Waals surface area contributed by atoms with Crippen molar-refractivity contribution in [2.75, 3.05) is 20.7 Å². The summed E-state index contributed by atoms with van der Waals surface area (Å²) in [4.78, 5) is 11.5. The fraction of sp³-hybridized carbons (Fsp3) is 0.500. The van der Waals surface area contributed by atoms with Crippen LogP contribution in [0.4, 0.5) is 0 Å². The maximum Gasteiger partial charge on any atom is 0.272 e. The van der Waals surface area contributed by atoms with E-state index in [2.05, 4.69) is 11.5 Å². The highest BCUT2D eigenvalue weighted by atomic mass is 16.5. The van der Waals surface area contributed by atoms with E-state index < -0.39 is 0 Å². The van der Waals surface area contributed by atoms with E-state index in [0.29, 0.717) is 0 Å². The molecule has 0 aromatic heterocycles. The van der Waals surface area contributed by atoms with Crippen LogP contribution < -0.4 is 10.2 Å². The van der Waals surface area contributed by atoms with E-state index in [1.807, 2.05) is 12.1 Å². The van der Waals surface area contributed by atoms with Crippen LogP contribution in [0.2, 0.25) is 0 Å². The lowest BCUT2D eigenvalue weighted by molar-refractivity contribution is -0.126. The normalized spacial score (nSPS) is 14.2. The van der Waals surface area contributed by atoms with E-state index in [0.717, 1.165) is 18.6 Å². The number of hydrazine groups is 1. The van der Waals surface area contributed by atoms with Crippen LogP contribution in [-0.2, 0) is 17.6 Å². The third kappa shape index (κ3) is 3.23. The first-order chi connectivity index (χ1) is 8.66. The van der Waals surface area contributed by atoms with Crippen molar-refractivity contribution in [2.45, 2.75) is 25.7 Å². The van der Waals surface area contributed by atoms with Gasteiger partial charge in [-0.1, -0.05) is 12.1 Å². The van der Waals surface area contributed by atoms with Gasteiger partial charge in [0.05, 0.1) is 0 Å². The molecule has 1 aliphatic carbocycles. The highest BCUT2D eigenvalue weighted by Crippen LogP contribution is 2.29. The monoisotopic (exact) mass is 248 g/mol. The maximum atomic E-state index is 11.5. The quantitative estimate of drug-likeness (QED) is 0.822. The molecule has 98 valence electrons. The molecule has 4 heteroatoms. The van der Waals surface area contributed by atoms with Gasteiger partial charge in [-0.3, -0.25) is 10.2 Å². The number of carbonyl (C=O) groups is 1. The maximum absolute atomic E-state index is 11.5. The Morgan fingerprint density at radius 1 is 1.33 bits per heavy atom. The standard InChI is InChI=1S/C14H20N2O2/c1-16(2)15-14(17)10-18-13-9-5-7-11-6-3-4-8-12(11)13/h5,7,9H,3-4,6,8,10H2,1-2H3,(H,15,17). The van der Waals surface area contributed by atoms with Gasteiger partial charge in [0.1, 0.15) is 5.75 Å². The second-order valence-corrected chi connectivity index (χ2v) is 4.82. The molecule has 0 atom stereocenters. The van der Waals surface area contributed by atoms with Gasteiger partial charge < -0.3 is 4.74 Å². The van der Waals surface area contributed by atoms with Crippen molar-refractivity contribution in [1.29, 1.82) is 0 Å². The van der Waals surface area contributed by atoms with Crippen LogP contribution >= 0.6 is 0 Å². The van der Waals surface area contributed by atoms with Crippen LogP contribution in [0, 0.1) is 0 Å². The van der Waals surface area contributed by atoms with Gasteiger partial charge in [0.15, 0.2) is 6.61 Å². The highest BCUT2D eigenvalue weighted by Gasteiger charge is 2.14. The van der Waals surface area contributed by atoms with Crippen LogP contribution in [0.25, 0.3) is 0 Å². The molecule has 0 fully saturated rings. The van der Waals surface area contributed by atoms with Gasteiger partial charge in [-0.05, 0) is 42.9 Å². The third-order valence-corrected chi connectivity index (χ3v) is 3.06. The Bertz CT molecular complexity index is 430. The van der Waals surface area contributed by atoms with Crippen molar-refractivity contribution < 1.29 is 9.53 Å². The van der Waals surface area contributed by atoms with Gasteiger partial charge in [0.2, 0.25) is 0 Å². The summed E-state index contributed by atoms with van der Waals surface area (Å²) in [7, 11) is 3.56. The van der Waals surface area contributed by atoms with Crippen LogP contribution in [0.3, 0.4) is 0 Å². The Hall–Kier alpha value is -1.55. The predicted octanol–water partition coefficient (Wildman–Crippen LogP) is 1.54. The zero-order valence-corrected chi connectivity index (χ0v) is 11.0. The second-order valence-electron chi connectivity index (χ2n) is 4.82. The Morgan fingerprint density at radius 3 is 2.89 bits per heavy atom. The van der Waals surface area contributed by atoms with Crippen molar-refractivity contribution in [3.05, 3.63) is 29.3 Å². The minimum atomic E-state index is -0.131. The van der Waals surface area contributed by atoms with Gasteiger partial charge in [-0.25, -0.2) is 5.01 Å². The fourth-order valence-corrected chi connectivity index (χ4v) is 2.31. The fourth-order valence-electron chi connectivity index (χ4n) is 2.31. The lowest BCUT2D eigenvalue weighted by Gasteiger charge is -2.19. The van der Waals surface area contributed by atoms with E-state index in [1.54, 1.807) is 19.1 Å². The van der Waals surface area contributed by atoms with Gasteiger partial charge in [0, 0.05) is 14.1 Å². The molecule has 0 spiro atoms. The molecule has 1 aromatic rings. The number of hydrogen-bond donors (Lipinski definition) is 1. The first-order valence-electron chi connectivity index (χ1n) is 6.37. The van der Waals surface area contributed by atoms with Crippen LogP contribution in [0.5, 0.6) is 5.75 Å². The number of benzene rings is 1. The number of amides is 1. The molecule has 0 saturated carbocycles. The number of nitrogens with zero attached hydrogens (tertiary/aromatic N) is 1. The summed E-state index contributed by atoms with van der Waals surface area (Å²) in [5, 5.41) is 1.62. The molecule has 0 radical (unpaired) electrons. The molecule has 4 nitrogen and oxygen atoms in total. The highest BCUT2D eigenvalue weighted by molar-refractivity contribution is 5.77. The summed E-state index contributed by atoms with van der Waals surface area (Å²) in [5.41, 5.74) is 5.31. The average Bonchev–Trinajstić information content (AvgIpc) is 2.35. The van der Waals surface area contributed by atoms with Crippen LogP contribution in [0.15, 0.2) is 18.2 Å². The average molecular weight is 248 g/mol. The van der Waals surface area contributed by atoms with E-state index in [4.69, 9.17) is 4.74 Å². The number of ether oxygens (including phenoxy) is 1. The zero-order chi connectivity index (χ0) is 13.0.